The first-order valence-corrected chi connectivity index (χ1v) is 3.05. The number of pyridine rings is 1. The van der Waals surface area contributed by atoms with Crippen molar-refractivity contribution in [1.29, 1.82) is 0 Å². The second kappa shape index (κ2) is 2.75. The molecule has 0 aliphatic carbocycles. The van der Waals surface area contributed by atoms with Crippen LogP contribution in [-0.2, 0) is 0 Å². The lowest BCUT2D eigenvalue weighted by Crippen LogP contribution is -1.91. The quantitative estimate of drug-likeness (QED) is 0.674. The van der Waals surface area contributed by atoms with Gasteiger partial charge in [0.1, 0.15) is 11.9 Å². The Bertz CT molecular complexity index is 239. The molecular formula is C6H7ClN2O. The monoisotopic (exact) mass is 158 g/mol. The van der Waals surface area contributed by atoms with Gasteiger partial charge < -0.3 is 10.0 Å². The smallest absolute Gasteiger partial charge is 0.238 e. The Morgan fingerprint density at radius 2 is 2.40 bits per heavy atom. The minimum Gasteiger partial charge on any atom is -0.398 e. The molecule has 1 aromatic rings. The maximum absolute atomic E-state index is 5.52. The summed E-state index contributed by atoms with van der Waals surface area (Å²) in [5, 5.41) is 0. The number of nitrogens with zero attached hydrogens (tertiary/aromatic N) is 1. The molecule has 0 aliphatic rings. The van der Waals surface area contributed by atoms with Gasteiger partial charge in [-0.3, -0.25) is 0 Å². The molecule has 0 atom stereocenters. The molecule has 0 aliphatic heterocycles. The van der Waals surface area contributed by atoms with Gasteiger partial charge in [0, 0.05) is 18.0 Å². The summed E-state index contributed by atoms with van der Waals surface area (Å²) in [5.74, 6) is 0.324. The van der Waals surface area contributed by atoms with Crippen LogP contribution in [-0.4, -0.2) is 4.98 Å². The molecule has 10 heavy (non-hydrogen) atoms. The number of nitrogen functional groups attached to an aromatic ring is 1. The third-order valence-corrected chi connectivity index (χ3v) is 1.36. The average molecular weight is 159 g/mol. The van der Waals surface area contributed by atoms with E-state index >= 15 is 0 Å². The Morgan fingerprint density at radius 3 is 2.90 bits per heavy atom. The van der Waals surface area contributed by atoms with Gasteiger partial charge in [0.05, 0.1) is 0 Å². The Hall–Kier alpha value is -0.960. The summed E-state index contributed by atoms with van der Waals surface area (Å²) in [4.78, 5) is 3.82. The largest absolute Gasteiger partial charge is 0.398 e. The first-order valence-electron chi connectivity index (χ1n) is 2.74. The summed E-state index contributed by atoms with van der Waals surface area (Å²) in [6.45, 7) is 1.86. The third kappa shape index (κ3) is 1.30. The van der Waals surface area contributed by atoms with Crippen LogP contribution in [0.5, 0.6) is 5.88 Å². The van der Waals surface area contributed by atoms with Gasteiger partial charge in [0.15, 0.2) is 0 Å². The molecule has 0 amide bonds. The van der Waals surface area contributed by atoms with E-state index in [0.717, 1.165) is 5.56 Å². The number of halogens is 1. The molecule has 0 unspecified atom stereocenters. The normalized spacial score (nSPS) is 9.40. The molecule has 1 aromatic heterocycles. The van der Waals surface area contributed by atoms with E-state index in [1.54, 1.807) is 12.3 Å². The van der Waals surface area contributed by atoms with Crippen molar-refractivity contribution in [2.24, 2.45) is 0 Å². The molecule has 0 saturated heterocycles. The van der Waals surface area contributed by atoms with E-state index < -0.39 is 0 Å². The number of nitrogens with two attached hydrogens (primary N) is 1. The lowest BCUT2D eigenvalue weighted by molar-refractivity contribution is 0.591. The first kappa shape index (κ1) is 7.15. The Kier molecular flexibility index (Phi) is 1.97. The van der Waals surface area contributed by atoms with Crippen molar-refractivity contribution in [3.63, 3.8) is 0 Å². The van der Waals surface area contributed by atoms with E-state index in [1.165, 1.54) is 0 Å². The van der Waals surface area contributed by atoms with E-state index in [9.17, 15) is 0 Å². The lowest BCUT2D eigenvalue weighted by Gasteiger charge is -1.98. The van der Waals surface area contributed by atoms with E-state index in [0.29, 0.717) is 11.6 Å². The minimum absolute atomic E-state index is 0.324. The van der Waals surface area contributed by atoms with Crippen molar-refractivity contribution in [1.82, 2.24) is 4.98 Å². The molecule has 1 heterocycles. The maximum atomic E-state index is 5.52. The standard InChI is InChI=1S/C6H7ClN2O/c1-4-3-9-6(10-7)2-5(4)8/h2-3H,1H3,(H2,8,9). The van der Waals surface area contributed by atoms with Gasteiger partial charge in [-0.05, 0) is 12.5 Å². The van der Waals surface area contributed by atoms with E-state index in [4.69, 9.17) is 17.6 Å². The van der Waals surface area contributed by atoms with Crippen LogP contribution in [0.15, 0.2) is 12.3 Å². The molecule has 1 rings (SSSR count). The zero-order chi connectivity index (χ0) is 7.56. The van der Waals surface area contributed by atoms with Crippen LogP contribution < -0.4 is 10.0 Å². The van der Waals surface area contributed by atoms with Gasteiger partial charge in [-0.2, -0.15) is 0 Å². The van der Waals surface area contributed by atoms with Crippen molar-refractivity contribution in [2.45, 2.75) is 6.92 Å². The van der Waals surface area contributed by atoms with Crippen LogP contribution >= 0.6 is 11.9 Å². The molecule has 0 radical (unpaired) electrons. The Labute approximate surface area is 63.9 Å². The van der Waals surface area contributed by atoms with E-state index in [2.05, 4.69) is 9.27 Å². The fourth-order valence-electron chi connectivity index (χ4n) is 0.561. The molecule has 3 nitrogen and oxygen atoms in total. The van der Waals surface area contributed by atoms with Crippen LogP contribution in [0.3, 0.4) is 0 Å². The van der Waals surface area contributed by atoms with Gasteiger partial charge in [0.25, 0.3) is 0 Å². The second-order valence-corrected chi connectivity index (χ2v) is 2.11. The predicted octanol–water partition coefficient (Wildman–Crippen LogP) is 1.50. The molecule has 0 fully saturated rings. The molecule has 54 valence electrons. The number of rotatable bonds is 1. The van der Waals surface area contributed by atoms with E-state index in [1.807, 2.05) is 6.92 Å². The minimum atomic E-state index is 0.324. The topological polar surface area (TPSA) is 48.1 Å². The van der Waals surface area contributed by atoms with Crippen molar-refractivity contribution < 1.29 is 4.29 Å². The average Bonchev–Trinajstić information content (AvgIpc) is 1.95. The van der Waals surface area contributed by atoms with Crippen LogP contribution in [0.2, 0.25) is 0 Å². The number of aromatic nitrogens is 1. The number of aryl methyl sites for hydroxylation is 1. The Balaban J connectivity index is 3.04. The summed E-state index contributed by atoms with van der Waals surface area (Å²) in [7, 11) is 0. The first-order chi connectivity index (χ1) is 4.74. The zero-order valence-electron chi connectivity index (χ0n) is 5.47. The highest BCUT2D eigenvalue weighted by Crippen LogP contribution is 2.15. The summed E-state index contributed by atoms with van der Waals surface area (Å²) < 4.78 is 4.33. The third-order valence-electron chi connectivity index (χ3n) is 1.20. The maximum Gasteiger partial charge on any atom is 0.238 e. The fourth-order valence-corrected chi connectivity index (χ4v) is 0.646. The summed E-state index contributed by atoms with van der Waals surface area (Å²) in [6.07, 6.45) is 1.60. The molecule has 2 N–H and O–H groups in total. The molecule has 0 bridgehead atoms. The van der Waals surface area contributed by atoms with Crippen LogP contribution in [0.1, 0.15) is 5.56 Å². The summed E-state index contributed by atoms with van der Waals surface area (Å²) >= 11 is 5.03. The van der Waals surface area contributed by atoms with Gasteiger partial charge in [-0.15, -0.1) is 0 Å². The van der Waals surface area contributed by atoms with E-state index in [-0.39, 0.29) is 0 Å². The van der Waals surface area contributed by atoms with Gasteiger partial charge in [-0.1, -0.05) is 0 Å². The van der Waals surface area contributed by atoms with Crippen LogP contribution in [0.4, 0.5) is 5.69 Å². The summed E-state index contributed by atoms with van der Waals surface area (Å²) in [6, 6.07) is 1.57. The highest BCUT2D eigenvalue weighted by atomic mass is 35.5. The summed E-state index contributed by atoms with van der Waals surface area (Å²) in [5.41, 5.74) is 7.06. The molecule has 4 heteroatoms. The number of hydrogen-bond acceptors (Lipinski definition) is 3. The number of hydrogen-bond donors (Lipinski definition) is 1. The SMILES string of the molecule is Cc1cnc(OCl)cc1N. The van der Waals surface area contributed by atoms with Crippen molar-refractivity contribution in [3.05, 3.63) is 17.8 Å². The van der Waals surface area contributed by atoms with Crippen molar-refractivity contribution in [3.8, 4) is 5.88 Å². The van der Waals surface area contributed by atoms with Crippen LogP contribution in [0, 0.1) is 6.92 Å². The zero-order valence-corrected chi connectivity index (χ0v) is 6.22. The Morgan fingerprint density at radius 1 is 1.70 bits per heavy atom. The van der Waals surface area contributed by atoms with Gasteiger partial charge in [0.2, 0.25) is 5.88 Å². The second-order valence-electron chi connectivity index (χ2n) is 1.96. The highest BCUT2D eigenvalue weighted by Gasteiger charge is 1.96. The van der Waals surface area contributed by atoms with Crippen molar-refractivity contribution in [2.75, 3.05) is 5.73 Å². The van der Waals surface area contributed by atoms with Crippen LogP contribution in [0.25, 0.3) is 0 Å². The number of anilines is 1. The molecular weight excluding hydrogens is 152 g/mol. The highest BCUT2D eigenvalue weighted by molar-refractivity contribution is 6.08. The predicted molar refractivity (Wildman–Crippen MR) is 39.9 cm³/mol. The molecule has 0 saturated carbocycles. The fraction of sp³-hybridized carbons (Fsp3) is 0.167. The lowest BCUT2D eigenvalue weighted by atomic mass is 10.3. The molecule has 0 spiro atoms. The molecule has 0 aromatic carbocycles. The van der Waals surface area contributed by atoms with Gasteiger partial charge in [-0.25, -0.2) is 4.98 Å². The van der Waals surface area contributed by atoms with Gasteiger partial charge >= 0.3 is 0 Å². The van der Waals surface area contributed by atoms with Crippen molar-refractivity contribution >= 4 is 17.6 Å².